The molecule has 0 aliphatic carbocycles. The van der Waals surface area contributed by atoms with Gasteiger partial charge in [-0.25, -0.2) is 0 Å². The molecule has 0 aliphatic rings. The zero-order valence-corrected chi connectivity index (χ0v) is 16.7. The molecule has 1 aromatic heterocycles. The van der Waals surface area contributed by atoms with Gasteiger partial charge in [0.1, 0.15) is 0 Å². The summed E-state index contributed by atoms with van der Waals surface area (Å²) in [6, 6.07) is 14.3. The van der Waals surface area contributed by atoms with E-state index in [1.54, 1.807) is 30.2 Å². The molecule has 3 rings (SSSR count). The van der Waals surface area contributed by atoms with E-state index >= 15 is 0 Å². The molecule has 0 radical (unpaired) electrons. The van der Waals surface area contributed by atoms with E-state index in [0.29, 0.717) is 35.8 Å². The molecule has 7 heteroatoms. The molecule has 0 aliphatic heterocycles. The summed E-state index contributed by atoms with van der Waals surface area (Å²) in [4.78, 5) is 30.1. The number of methoxy groups -OCH3 is 3. The summed E-state index contributed by atoms with van der Waals surface area (Å²) in [5, 5.41) is 0.910. The van der Waals surface area contributed by atoms with Crippen molar-refractivity contribution in [1.29, 1.82) is 0 Å². The molecule has 7 nitrogen and oxygen atoms in total. The Bertz CT molecular complexity index is 1060. The summed E-state index contributed by atoms with van der Waals surface area (Å²) in [5.74, 6) is 0.780. The third-order valence-corrected chi connectivity index (χ3v) is 4.67. The first-order valence-corrected chi connectivity index (χ1v) is 9.18. The predicted octanol–water partition coefficient (Wildman–Crippen LogP) is 2.83. The van der Waals surface area contributed by atoms with Gasteiger partial charge < -0.3 is 24.1 Å². The number of hydrogen-bond donors (Lipinski definition) is 1. The summed E-state index contributed by atoms with van der Waals surface area (Å²) < 4.78 is 15.7. The van der Waals surface area contributed by atoms with Gasteiger partial charge in [-0.2, -0.15) is 0 Å². The van der Waals surface area contributed by atoms with Gasteiger partial charge in [0.05, 0.1) is 27.4 Å². The molecule has 1 N–H and O–H groups in total. The van der Waals surface area contributed by atoms with E-state index in [0.717, 1.165) is 10.9 Å². The number of rotatable bonds is 8. The first-order valence-electron chi connectivity index (χ1n) is 9.18. The fraction of sp³-hybridized carbons (Fsp3) is 0.273. The zero-order valence-electron chi connectivity index (χ0n) is 16.7. The van der Waals surface area contributed by atoms with Crippen LogP contribution in [0.4, 0.5) is 0 Å². The molecular formula is C22H24N2O5. The zero-order chi connectivity index (χ0) is 20.8. The standard InChI is InChI=1S/C22H24N2O5/c1-27-11-10-24(22(26)16-8-9-19(28-2)20(13-16)29-3)14-17-12-15-6-4-5-7-18(15)23-21(17)25/h4-9,12-13H,10-11,14H2,1-3H3,(H,23,25). The number of para-hydroxylation sites is 1. The molecule has 0 saturated carbocycles. The third kappa shape index (κ3) is 4.57. The number of pyridine rings is 1. The second-order valence-electron chi connectivity index (χ2n) is 6.50. The van der Waals surface area contributed by atoms with Crippen molar-refractivity contribution in [2.75, 3.05) is 34.5 Å². The Balaban J connectivity index is 1.93. The lowest BCUT2D eigenvalue weighted by Gasteiger charge is -2.23. The molecule has 0 fully saturated rings. The van der Waals surface area contributed by atoms with E-state index in [1.165, 1.54) is 14.2 Å². The van der Waals surface area contributed by atoms with E-state index in [9.17, 15) is 9.59 Å². The van der Waals surface area contributed by atoms with Crippen LogP contribution in [0.1, 0.15) is 15.9 Å². The van der Waals surface area contributed by atoms with E-state index in [4.69, 9.17) is 14.2 Å². The fourth-order valence-corrected chi connectivity index (χ4v) is 3.12. The number of nitrogens with zero attached hydrogens (tertiary/aromatic N) is 1. The van der Waals surface area contributed by atoms with Crippen LogP contribution in [-0.4, -0.2) is 50.3 Å². The number of aromatic amines is 1. The van der Waals surface area contributed by atoms with Crippen molar-refractivity contribution >= 4 is 16.8 Å². The van der Waals surface area contributed by atoms with E-state index in [2.05, 4.69) is 4.98 Å². The van der Waals surface area contributed by atoms with Gasteiger partial charge in [0.25, 0.3) is 11.5 Å². The highest BCUT2D eigenvalue weighted by molar-refractivity contribution is 5.95. The highest BCUT2D eigenvalue weighted by Gasteiger charge is 2.19. The van der Waals surface area contributed by atoms with E-state index in [1.807, 2.05) is 30.3 Å². The van der Waals surface area contributed by atoms with Crippen molar-refractivity contribution in [3.05, 3.63) is 70.0 Å². The molecule has 0 bridgehead atoms. The second kappa shape index (κ2) is 9.25. The lowest BCUT2D eigenvalue weighted by atomic mass is 10.1. The number of H-pyrrole nitrogens is 1. The Morgan fingerprint density at radius 1 is 1.00 bits per heavy atom. The fourth-order valence-electron chi connectivity index (χ4n) is 3.12. The third-order valence-electron chi connectivity index (χ3n) is 4.67. The van der Waals surface area contributed by atoms with Gasteiger partial charge in [0.15, 0.2) is 11.5 Å². The van der Waals surface area contributed by atoms with Crippen LogP contribution in [0.2, 0.25) is 0 Å². The number of hydrogen-bond acceptors (Lipinski definition) is 5. The maximum absolute atomic E-state index is 13.2. The number of carbonyl (C=O) groups is 1. The number of fused-ring (bicyclic) bond motifs is 1. The van der Waals surface area contributed by atoms with Crippen molar-refractivity contribution in [2.24, 2.45) is 0 Å². The number of aromatic nitrogens is 1. The van der Waals surface area contributed by atoms with Crippen LogP contribution >= 0.6 is 0 Å². The highest BCUT2D eigenvalue weighted by Crippen LogP contribution is 2.28. The quantitative estimate of drug-likeness (QED) is 0.633. The van der Waals surface area contributed by atoms with E-state index in [-0.39, 0.29) is 18.0 Å². The van der Waals surface area contributed by atoms with Crippen molar-refractivity contribution in [1.82, 2.24) is 9.88 Å². The summed E-state index contributed by atoms with van der Waals surface area (Å²) >= 11 is 0. The van der Waals surface area contributed by atoms with Crippen molar-refractivity contribution in [3.8, 4) is 11.5 Å². The number of carbonyl (C=O) groups excluding carboxylic acids is 1. The Kier molecular flexibility index (Phi) is 6.51. The second-order valence-corrected chi connectivity index (χ2v) is 6.50. The molecule has 3 aromatic rings. The lowest BCUT2D eigenvalue weighted by molar-refractivity contribution is 0.0679. The Labute approximate surface area is 168 Å². The van der Waals surface area contributed by atoms with Crippen LogP contribution < -0.4 is 15.0 Å². The minimum Gasteiger partial charge on any atom is -0.493 e. The SMILES string of the molecule is COCCN(Cc1cc2ccccc2[nH]c1=O)C(=O)c1ccc(OC)c(OC)c1. The molecule has 152 valence electrons. The van der Waals surface area contributed by atoms with Gasteiger partial charge in [-0.05, 0) is 35.7 Å². The average molecular weight is 396 g/mol. The molecule has 1 amide bonds. The summed E-state index contributed by atoms with van der Waals surface area (Å²) in [7, 11) is 4.63. The smallest absolute Gasteiger partial charge is 0.254 e. The molecule has 1 heterocycles. The normalized spacial score (nSPS) is 10.7. The van der Waals surface area contributed by atoms with Gasteiger partial charge in [-0.3, -0.25) is 9.59 Å². The molecule has 0 atom stereocenters. The van der Waals surface area contributed by atoms with Crippen LogP contribution in [0.3, 0.4) is 0 Å². The molecule has 0 spiro atoms. The maximum Gasteiger partial charge on any atom is 0.254 e. The average Bonchev–Trinajstić information content (AvgIpc) is 2.75. The van der Waals surface area contributed by atoms with Crippen molar-refractivity contribution in [2.45, 2.75) is 6.54 Å². The van der Waals surface area contributed by atoms with Crippen molar-refractivity contribution < 1.29 is 19.0 Å². The first kappa shape index (κ1) is 20.4. The summed E-state index contributed by atoms with van der Waals surface area (Å²) in [6.45, 7) is 0.858. The molecule has 29 heavy (non-hydrogen) atoms. The minimum atomic E-state index is -0.226. The van der Waals surface area contributed by atoms with Gasteiger partial charge in [-0.15, -0.1) is 0 Å². The minimum absolute atomic E-state index is 0.163. The number of ether oxygens (including phenoxy) is 3. The molecule has 0 unspecified atom stereocenters. The van der Waals surface area contributed by atoms with Crippen LogP contribution in [0.5, 0.6) is 11.5 Å². The van der Waals surface area contributed by atoms with Crippen LogP contribution in [-0.2, 0) is 11.3 Å². The van der Waals surface area contributed by atoms with Gasteiger partial charge in [-0.1, -0.05) is 18.2 Å². The number of benzene rings is 2. The monoisotopic (exact) mass is 396 g/mol. The van der Waals surface area contributed by atoms with Gasteiger partial charge in [0, 0.05) is 30.3 Å². The van der Waals surface area contributed by atoms with Gasteiger partial charge >= 0.3 is 0 Å². The van der Waals surface area contributed by atoms with Crippen molar-refractivity contribution in [3.63, 3.8) is 0 Å². The van der Waals surface area contributed by atoms with Gasteiger partial charge in [0.2, 0.25) is 0 Å². The molecular weight excluding hydrogens is 372 g/mol. The molecule has 0 saturated heterocycles. The first-order chi connectivity index (χ1) is 14.1. The number of amides is 1. The topological polar surface area (TPSA) is 80.9 Å². The number of nitrogens with one attached hydrogen (secondary N) is 1. The highest BCUT2D eigenvalue weighted by atomic mass is 16.5. The summed E-state index contributed by atoms with van der Waals surface area (Å²) in [5.41, 5.74) is 1.49. The maximum atomic E-state index is 13.2. The van der Waals surface area contributed by atoms with Crippen LogP contribution in [0.15, 0.2) is 53.3 Å². The Morgan fingerprint density at radius 2 is 1.76 bits per heavy atom. The summed E-state index contributed by atoms with van der Waals surface area (Å²) in [6.07, 6.45) is 0. The van der Waals surface area contributed by atoms with Crippen LogP contribution in [0.25, 0.3) is 10.9 Å². The Morgan fingerprint density at radius 3 is 2.48 bits per heavy atom. The lowest BCUT2D eigenvalue weighted by Crippen LogP contribution is -2.35. The predicted molar refractivity (Wildman–Crippen MR) is 111 cm³/mol. The molecule has 2 aromatic carbocycles. The van der Waals surface area contributed by atoms with Crippen LogP contribution in [0, 0.1) is 0 Å². The largest absolute Gasteiger partial charge is 0.493 e. The van der Waals surface area contributed by atoms with E-state index < -0.39 is 0 Å². The Hall–Kier alpha value is -3.32.